The largest absolute Gasteiger partial charge is 0.444 e. The van der Waals surface area contributed by atoms with E-state index in [1.165, 1.54) is 0 Å². The lowest BCUT2D eigenvalue weighted by Crippen LogP contribution is -2.40. The predicted molar refractivity (Wildman–Crippen MR) is 75.9 cm³/mol. The monoisotopic (exact) mass is 305 g/mol. The molecule has 1 fully saturated rings. The summed E-state index contributed by atoms with van der Waals surface area (Å²) in [5, 5.41) is 0. The van der Waals surface area contributed by atoms with E-state index in [-0.39, 0.29) is 12.7 Å². The summed E-state index contributed by atoms with van der Waals surface area (Å²) in [5.41, 5.74) is 0.475. The molecule has 7 heteroatoms. The SMILES string of the molecule is CC(C)(C)OC(=O)N1CCC/C(=C/COS(C)(=O)=O)C1. The summed E-state index contributed by atoms with van der Waals surface area (Å²) in [6.45, 7) is 6.60. The molecule has 0 aliphatic carbocycles. The van der Waals surface area contributed by atoms with Crippen LogP contribution in [0.15, 0.2) is 11.6 Å². The molecule has 1 aliphatic heterocycles. The Bertz CT molecular complexity index is 475. The number of amides is 1. The minimum absolute atomic E-state index is 0.0102. The Morgan fingerprint density at radius 3 is 2.60 bits per heavy atom. The highest BCUT2D eigenvalue weighted by molar-refractivity contribution is 7.85. The van der Waals surface area contributed by atoms with Gasteiger partial charge in [0.15, 0.2) is 0 Å². The summed E-state index contributed by atoms with van der Waals surface area (Å²) in [4.78, 5) is 13.6. The number of piperidine rings is 1. The minimum atomic E-state index is -3.43. The van der Waals surface area contributed by atoms with Crippen molar-refractivity contribution in [1.29, 1.82) is 0 Å². The summed E-state index contributed by atoms with van der Waals surface area (Å²) < 4.78 is 31.7. The van der Waals surface area contributed by atoms with E-state index in [1.54, 1.807) is 11.0 Å². The van der Waals surface area contributed by atoms with Crippen LogP contribution in [0.4, 0.5) is 4.79 Å². The third-order valence-corrected chi connectivity index (χ3v) is 3.19. The van der Waals surface area contributed by atoms with Gasteiger partial charge >= 0.3 is 6.09 Å². The Kier molecular flexibility index (Phi) is 5.59. The molecule has 0 saturated carbocycles. The van der Waals surface area contributed by atoms with Crippen LogP contribution in [0.5, 0.6) is 0 Å². The van der Waals surface area contributed by atoms with Crippen LogP contribution < -0.4 is 0 Å². The molecule has 6 nitrogen and oxygen atoms in total. The van der Waals surface area contributed by atoms with Gasteiger partial charge < -0.3 is 9.64 Å². The molecule has 1 saturated heterocycles. The van der Waals surface area contributed by atoms with E-state index >= 15 is 0 Å². The number of nitrogens with zero attached hydrogens (tertiary/aromatic N) is 1. The van der Waals surface area contributed by atoms with E-state index in [0.29, 0.717) is 13.1 Å². The molecule has 0 aromatic rings. The van der Waals surface area contributed by atoms with E-state index in [0.717, 1.165) is 24.7 Å². The van der Waals surface area contributed by atoms with Crippen molar-refractivity contribution in [2.45, 2.75) is 39.2 Å². The second-order valence-corrected chi connectivity index (χ2v) is 7.50. The van der Waals surface area contributed by atoms with Crippen molar-refractivity contribution < 1.29 is 22.1 Å². The van der Waals surface area contributed by atoms with Gasteiger partial charge in [0.2, 0.25) is 0 Å². The summed E-state index contributed by atoms with van der Waals surface area (Å²) in [6, 6.07) is 0. The van der Waals surface area contributed by atoms with Crippen LogP contribution in [0.25, 0.3) is 0 Å². The smallest absolute Gasteiger partial charge is 0.410 e. The van der Waals surface area contributed by atoms with Crippen molar-refractivity contribution in [3.8, 4) is 0 Å². The van der Waals surface area contributed by atoms with E-state index < -0.39 is 15.7 Å². The number of carbonyl (C=O) groups excluding carboxylic acids is 1. The second-order valence-electron chi connectivity index (χ2n) is 5.86. The quantitative estimate of drug-likeness (QED) is 0.588. The number of hydrogen-bond acceptors (Lipinski definition) is 5. The predicted octanol–water partition coefficient (Wildman–Crippen LogP) is 1.92. The average molecular weight is 305 g/mol. The van der Waals surface area contributed by atoms with Gasteiger partial charge in [-0.3, -0.25) is 4.18 Å². The molecule has 1 rings (SSSR count). The molecule has 0 aromatic heterocycles. The first-order chi connectivity index (χ1) is 9.07. The Balaban J connectivity index is 2.54. The van der Waals surface area contributed by atoms with Gasteiger partial charge in [-0.2, -0.15) is 8.42 Å². The number of likely N-dealkylation sites (tertiary alicyclic amines) is 1. The zero-order chi connectivity index (χ0) is 15.4. The summed E-state index contributed by atoms with van der Waals surface area (Å²) >= 11 is 0. The molecule has 1 aliphatic rings. The number of rotatable bonds is 3. The standard InChI is InChI=1S/C13H23NO5S/c1-13(2,3)19-12(15)14-8-5-6-11(10-14)7-9-18-20(4,16)17/h7H,5-6,8-10H2,1-4H3/b11-7-. The molecule has 0 radical (unpaired) electrons. The van der Waals surface area contributed by atoms with Gasteiger partial charge in [-0.25, -0.2) is 4.79 Å². The normalized spacial score (nSPS) is 19.2. The summed E-state index contributed by atoms with van der Waals surface area (Å²) in [6.07, 6.45) is 4.07. The second kappa shape index (κ2) is 6.58. The molecule has 0 aromatic carbocycles. The van der Waals surface area contributed by atoms with Gasteiger partial charge in [0, 0.05) is 13.1 Å². The average Bonchev–Trinajstić information content (AvgIpc) is 2.25. The van der Waals surface area contributed by atoms with Crippen molar-refractivity contribution >= 4 is 16.2 Å². The lowest BCUT2D eigenvalue weighted by atomic mass is 10.1. The third kappa shape index (κ3) is 6.91. The van der Waals surface area contributed by atoms with Crippen LogP contribution >= 0.6 is 0 Å². The Morgan fingerprint density at radius 1 is 1.40 bits per heavy atom. The van der Waals surface area contributed by atoms with E-state index in [4.69, 9.17) is 4.74 Å². The van der Waals surface area contributed by atoms with Crippen molar-refractivity contribution in [3.05, 3.63) is 11.6 Å². The summed E-state index contributed by atoms with van der Waals surface area (Å²) in [5.74, 6) is 0. The molecule has 0 N–H and O–H groups in total. The molecule has 116 valence electrons. The van der Waals surface area contributed by atoms with Gasteiger partial charge in [0.25, 0.3) is 10.1 Å². The third-order valence-electron chi connectivity index (χ3n) is 2.63. The number of ether oxygens (including phenoxy) is 1. The van der Waals surface area contributed by atoms with Crippen molar-refractivity contribution in [3.63, 3.8) is 0 Å². The zero-order valence-corrected chi connectivity index (χ0v) is 13.3. The number of carbonyl (C=O) groups is 1. The molecule has 1 amide bonds. The Morgan fingerprint density at radius 2 is 2.05 bits per heavy atom. The Hall–Kier alpha value is -1.08. The van der Waals surface area contributed by atoms with Gasteiger partial charge in [0.05, 0.1) is 12.9 Å². The maximum atomic E-state index is 11.9. The fourth-order valence-corrected chi connectivity index (χ4v) is 2.14. The molecule has 20 heavy (non-hydrogen) atoms. The molecule has 0 atom stereocenters. The first-order valence-corrected chi connectivity index (χ1v) is 8.39. The van der Waals surface area contributed by atoms with Gasteiger partial charge in [-0.1, -0.05) is 11.6 Å². The first kappa shape index (κ1) is 17.0. The van der Waals surface area contributed by atoms with Gasteiger partial charge in [-0.05, 0) is 33.6 Å². The van der Waals surface area contributed by atoms with E-state index in [2.05, 4.69) is 4.18 Å². The molecular weight excluding hydrogens is 282 g/mol. The van der Waals surface area contributed by atoms with E-state index in [9.17, 15) is 13.2 Å². The maximum Gasteiger partial charge on any atom is 0.410 e. The van der Waals surface area contributed by atoms with Gasteiger partial charge in [-0.15, -0.1) is 0 Å². The fourth-order valence-electron chi connectivity index (χ4n) is 1.82. The van der Waals surface area contributed by atoms with Crippen molar-refractivity contribution in [2.75, 3.05) is 26.0 Å². The highest BCUT2D eigenvalue weighted by atomic mass is 32.2. The zero-order valence-electron chi connectivity index (χ0n) is 12.5. The Labute approximate surface area is 120 Å². The molecule has 0 spiro atoms. The highest BCUT2D eigenvalue weighted by Crippen LogP contribution is 2.18. The molecular formula is C13H23NO5S. The lowest BCUT2D eigenvalue weighted by Gasteiger charge is -2.31. The highest BCUT2D eigenvalue weighted by Gasteiger charge is 2.24. The van der Waals surface area contributed by atoms with E-state index in [1.807, 2.05) is 20.8 Å². The van der Waals surface area contributed by atoms with Crippen LogP contribution in [-0.4, -0.2) is 51.0 Å². The first-order valence-electron chi connectivity index (χ1n) is 6.57. The summed E-state index contributed by atoms with van der Waals surface area (Å²) in [7, 11) is -3.43. The van der Waals surface area contributed by atoms with Crippen LogP contribution in [-0.2, 0) is 19.0 Å². The number of hydrogen-bond donors (Lipinski definition) is 0. The lowest BCUT2D eigenvalue weighted by molar-refractivity contribution is 0.0246. The molecule has 1 heterocycles. The fraction of sp³-hybridized carbons (Fsp3) is 0.769. The van der Waals surface area contributed by atoms with Crippen LogP contribution in [0.2, 0.25) is 0 Å². The van der Waals surface area contributed by atoms with Crippen molar-refractivity contribution in [1.82, 2.24) is 4.90 Å². The molecule has 0 bridgehead atoms. The maximum absolute atomic E-state index is 11.9. The van der Waals surface area contributed by atoms with Crippen molar-refractivity contribution in [2.24, 2.45) is 0 Å². The topological polar surface area (TPSA) is 72.9 Å². The molecule has 0 unspecified atom stereocenters. The van der Waals surface area contributed by atoms with Crippen LogP contribution in [0, 0.1) is 0 Å². The minimum Gasteiger partial charge on any atom is -0.444 e. The van der Waals surface area contributed by atoms with Crippen LogP contribution in [0.3, 0.4) is 0 Å². The van der Waals surface area contributed by atoms with Gasteiger partial charge in [0.1, 0.15) is 5.60 Å². The van der Waals surface area contributed by atoms with Crippen LogP contribution in [0.1, 0.15) is 33.6 Å².